The van der Waals surface area contributed by atoms with Crippen LogP contribution < -0.4 is 0 Å². The Balaban J connectivity index is 1.43. The first kappa shape index (κ1) is 20.0. The predicted molar refractivity (Wildman–Crippen MR) is 135 cm³/mol. The lowest BCUT2D eigenvalue weighted by molar-refractivity contribution is 0.775. The first-order chi connectivity index (χ1) is 16.8. The highest BCUT2D eigenvalue weighted by atomic mass is 15.4. The van der Waals surface area contributed by atoms with Crippen LogP contribution in [0.4, 0.5) is 0 Å². The first-order valence-corrected chi connectivity index (χ1v) is 11.2. The van der Waals surface area contributed by atoms with E-state index in [1.807, 2.05) is 105 Å². The monoisotopic (exact) mass is 440 g/mol. The molecule has 0 aliphatic rings. The molecule has 0 aliphatic heterocycles. The molecule has 6 nitrogen and oxygen atoms in total. The third-order valence-corrected chi connectivity index (χ3v) is 5.74. The van der Waals surface area contributed by atoms with Gasteiger partial charge in [-0.2, -0.15) is 15.3 Å². The summed E-state index contributed by atoms with van der Waals surface area (Å²) >= 11 is 0. The molecular weight excluding hydrogens is 419 g/mol. The normalized spacial score (nSPS) is 10.9. The van der Waals surface area contributed by atoms with Crippen LogP contribution in [0.3, 0.4) is 0 Å². The fourth-order valence-electron chi connectivity index (χ4n) is 4.05. The lowest BCUT2D eigenvalue weighted by atomic mass is 9.96. The number of hydrogen-bond acceptors (Lipinski definition) is 3. The third kappa shape index (κ3) is 3.84. The molecular formula is C27H21BN6. The number of aromatic nitrogens is 6. The van der Waals surface area contributed by atoms with Crippen molar-refractivity contribution in [1.82, 2.24) is 29.1 Å². The van der Waals surface area contributed by atoms with Gasteiger partial charge in [0.2, 0.25) is 0 Å². The van der Waals surface area contributed by atoms with Crippen LogP contribution in [-0.4, -0.2) is 36.2 Å². The van der Waals surface area contributed by atoms with E-state index in [0.717, 1.165) is 33.8 Å². The molecule has 3 heterocycles. The van der Waals surface area contributed by atoms with Gasteiger partial charge in [-0.05, 0) is 18.2 Å². The van der Waals surface area contributed by atoms with Gasteiger partial charge in [-0.1, -0.05) is 91.0 Å². The Morgan fingerprint density at radius 2 is 0.676 bits per heavy atom. The molecule has 0 bridgehead atoms. The predicted octanol–water partition coefficient (Wildman–Crippen LogP) is 5.21. The van der Waals surface area contributed by atoms with Crippen molar-refractivity contribution >= 4 is 7.12 Å². The molecule has 0 radical (unpaired) electrons. The second kappa shape index (κ2) is 8.71. The number of hydrogen-bond donors (Lipinski definition) is 0. The van der Waals surface area contributed by atoms with E-state index < -0.39 is 7.12 Å². The standard InChI is InChI=1S/C27H21BN6/c1-4-10-22(11-5-1)25-16-19-32(29-25)28(33-20-17-26(30-33)23-12-6-2-7-13-23)34-21-18-27(31-34)24-14-8-3-9-15-24/h1-21H. The maximum absolute atomic E-state index is 4.89. The van der Waals surface area contributed by atoms with Gasteiger partial charge in [0, 0.05) is 35.3 Å². The van der Waals surface area contributed by atoms with E-state index in [1.165, 1.54) is 0 Å². The summed E-state index contributed by atoms with van der Waals surface area (Å²) in [7, 11) is -0.396. The van der Waals surface area contributed by atoms with Crippen LogP contribution >= 0.6 is 0 Å². The zero-order chi connectivity index (χ0) is 22.7. The van der Waals surface area contributed by atoms with Gasteiger partial charge in [0.25, 0.3) is 0 Å². The van der Waals surface area contributed by atoms with E-state index in [-0.39, 0.29) is 0 Å². The number of nitrogens with zero attached hydrogens (tertiary/aromatic N) is 6. The Morgan fingerprint density at radius 1 is 0.382 bits per heavy atom. The van der Waals surface area contributed by atoms with Gasteiger partial charge in [0.15, 0.2) is 0 Å². The van der Waals surface area contributed by atoms with Crippen LogP contribution in [0.25, 0.3) is 33.8 Å². The van der Waals surface area contributed by atoms with Crippen molar-refractivity contribution in [3.05, 3.63) is 128 Å². The second-order valence-corrected chi connectivity index (χ2v) is 7.99. The van der Waals surface area contributed by atoms with E-state index >= 15 is 0 Å². The highest BCUT2D eigenvalue weighted by Gasteiger charge is 2.28. The Hall–Kier alpha value is -4.65. The van der Waals surface area contributed by atoms with Gasteiger partial charge >= 0.3 is 7.12 Å². The van der Waals surface area contributed by atoms with E-state index in [2.05, 4.69) is 36.4 Å². The molecule has 0 saturated heterocycles. The molecule has 0 saturated carbocycles. The van der Waals surface area contributed by atoms with E-state index in [0.29, 0.717) is 0 Å². The highest BCUT2D eigenvalue weighted by Crippen LogP contribution is 2.20. The summed E-state index contributed by atoms with van der Waals surface area (Å²) in [5.74, 6) is 0. The summed E-state index contributed by atoms with van der Waals surface area (Å²) < 4.78 is 5.68. The summed E-state index contributed by atoms with van der Waals surface area (Å²) in [6.07, 6.45) is 5.92. The van der Waals surface area contributed by atoms with Crippen molar-refractivity contribution in [1.29, 1.82) is 0 Å². The van der Waals surface area contributed by atoms with Crippen molar-refractivity contribution in [2.24, 2.45) is 0 Å². The quantitative estimate of drug-likeness (QED) is 0.334. The molecule has 0 fully saturated rings. The van der Waals surface area contributed by atoms with Crippen LogP contribution in [0.5, 0.6) is 0 Å². The minimum atomic E-state index is -0.396. The van der Waals surface area contributed by atoms with Crippen molar-refractivity contribution in [2.75, 3.05) is 0 Å². The van der Waals surface area contributed by atoms with Crippen LogP contribution in [-0.2, 0) is 0 Å². The molecule has 6 rings (SSSR count). The van der Waals surface area contributed by atoms with Gasteiger partial charge in [-0.25, -0.2) is 0 Å². The van der Waals surface area contributed by atoms with Gasteiger partial charge in [0.05, 0.1) is 17.1 Å². The SMILES string of the molecule is c1ccc(-c2ccn(B(n3ccc(-c4ccccc4)n3)n3ccc(-c4ccccc4)n3)n2)cc1. The molecule has 3 aromatic carbocycles. The third-order valence-electron chi connectivity index (χ3n) is 5.74. The number of benzene rings is 3. The maximum Gasteiger partial charge on any atom is 0.568 e. The average molecular weight is 440 g/mol. The van der Waals surface area contributed by atoms with Crippen LogP contribution in [0.1, 0.15) is 0 Å². The zero-order valence-electron chi connectivity index (χ0n) is 18.4. The molecule has 0 aliphatic carbocycles. The summed E-state index contributed by atoms with van der Waals surface area (Å²) in [6.45, 7) is 0. The van der Waals surface area contributed by atoms with Crippen LogP contribution in [0.15, 0.2) is 128 Å². The van der Waals surface area contributed by atoms with E-state index in [9.17, 15) is 0 Å². The molecule has 7 heteroatoms. The number of rotatable bonds is 6. The van der Waals surface area contributed by atoms with Crippen molar-refractivity contribution in [3.63, 3.8) is 0 Å². The molecule has 34 heavy (non-hydrogen) atoms. The lowest BCUT2D eigenvalue weighted by Crippen LogP contribution is -2.42. The zero-order valence-corrected chi connectivity index (χ0v) is 18.4. The molecule has 3 aromatic heterocycles. The van der Waals surface area contributed by atoms with E-state index in [1.54, 1.807) is 0 Å². The fourth-order valence-corrected chi connectivity index (χ4v) is 4.05. The Labute approximate surface area is 197 Å². The molecule has 6 aromatic rings. The Morgan fingerprint density at radius 3 is 0.971 bits per heavy atom. The fraction of sp³-hybridized carbons (Fsp3) is 0. The summed E-state index contributed by atoms with van der Waals surface area (Å²) in [4.78, 5) is 0. The minimum Gasteiger partial charge on any atom is -0.268 e. The average Bonchev–Trinajstić information content (AvgIpc) is 3.68. The van der Waals surface area contributed by atoms with Gasteiger partial charge in [-0.15, -0.1) is 0 Å². The molecule has 162 valence electrons. The maximum atomic E-state index is 4.89. The topological polar surface area (TPSA) is 53.5 Å². The summed E-state index contributed by atoms with van der Waals surface area (Å²) in [6, 6.07) is 36.6. The minimum absolute atomic E-state index is 0.396. The molecule has 0 N–H and O–H groups in total. The lowest BCUT2D eigenvalue weighted by Gasteiger charge is -2.13. The van der Waals surface area contributed by atoms with Gasteiger partial charge < -0.3 is 0 Å². The van der Waals surface area contributed by atoms with Crippen LogP contribution in [0.2, 0.25) is 0 Å². The summed E-state index contributed by atoms with van der Waals surface area (Å²) in [5.41, 5.74) is 5.90. The second-order valence-electron chi connectivity index (χ2n) is 7.99. The highest BCUT2D eigenvalue weighted by molar-refractivity contribution is 6.52. The molecule has 0 unspecified atom stereocenters. The molecule has 0 spiro atoms. The first-order valence-electron chi connectivity index (χ1n) is 11.2. The molecule has 0 amide bonds. The molecule has 0 atom stereocenters. The smallest absolute Gasteiger partial charge is 0.268 e. The van der Waals surface area contributed by atoms with Gasteiger partial charge in [-0.3, -0.25) is 13.8 Å². The summed E-state index contributed by atoms with van der Waals surface area (Å²) in [5, 5.41) is 14.7. The van der Waals surface area contributed by atoms with Gasteiger partial charge in [0.1, 0.15) is 0 Å². The van der Waals surface area contributed by atoms with Crippen LogP contribution in [0, 0.1) is 0 Å². The Bertz CT molecular complexity index is 1320. The largest absolute Gasteiger partial charge is 0.568 e. The van der Waals surface area contributed by atoms with E-state index in [4.69, 9.17) is 15.3 Å². The Kier molecular flexibility index (Phi) is 5.12. The van der Waals surface area contributed by atoms with Crippen molar-refractivity contribution in [2.45, 2.75) is 0 Å². The van der Waals surface area contributed by atoms with Crippen molar-refractivity contribution in [3.8, 4) is 33.8 Å². The van der Waals surface area contributed by atoms with Crippen molar-refractivity contribution < 1.29 is 0 Å².